The van der Waals surface area contributed by atoms with Gasteiger partial charge in [-0.1, -0.05) is 0 Å². The summed E-state index contributed by atoms with van der Waals surface area (Å²) in [5.41, 5.74) is 0.149. The molecule has 2 N–H and O–H groups in total. The molecule has 0 aromatic heterocycles. The van der Waals surface area contributed by atoms with Crippen molar-refractivity contribution in [2.45, 2.75) is 19.4 Å². The molecule has 114 valence electrons. The molecule has 1 fully saturated rings. The number of hydrogen-bond donors (Lipinski definition) is 2. The number of nitrogens with zero attached hydrogens (tertiary/aromatic N) is 1. The zero-order valence-corrected chi connectivity index (χ0v) is 13.4. The van der Waals surface area contributed by atoms with Crippen molar-refractivity contribution in [1.82, 2.24) is 4.90 Å². The second kappa shape index (κ2) is 6.03. The average Bonchev–Trinajstić information content (AvgIpc) is 2.40. The molecule has 0 radical (unpaired) electrons. The Morgan fingerprint density at radius 2 is 2.14 bits per heavy atom. The Morgan fingerprint density at radius 3 is 2.76 bits per heavy atom. The minimum Gasteiger partial charge on any atom is -0.478 e. The third kappa shape index (κ3) is 3.54. The summed E-state index contributed by atoms with van der Waals surface area (Å²) in [6, 6.07) is 4.23. The summed E-state index contributed by atoms with van der Waals surface area (Å²) >= 11 is 3.31. The number of urea groups is 1. The fourth-order valence-electron chi connectivity index (χ4n) is 2.17. The van der Waals surface area contributed by atoms with Gasteiger partial charge < -0.3 is 20.1 Å². The first-order valence-electron chi connectivity index (χ1n) is 6.50. The number of halogens is 1. The minimum atomic E-state index is -1.04. The van der Waals surface area contributed by atoms with Gasteiger partial charge in [0.05, 0.1) is 30.0 Å². The normalized spacial score (nSPS) is 17.4. The van der Waals surface area contributed by atoms with Crippen LogP contribution in [0, 0.1) is 0 Å². The second-order valence-corrected chi connectivity index (χ2v) is 6.30. The lowest BCUT2D eigenvalue weighted by Gasteiger charge is -2.41. The molecule has 0 aliphatic carbocycles. The highest BCUT2D eigenvalue weighted by Gasteiger charge is 2.34. The quantitative estimate of drug-likeness (QED) is 0.853. The molecule has 0 unspecified atom stereocenters. The molecule has 1 aliphatic heterocycles. The Balaban J connectivity index is 2.19. The number of carboxylic acid groups (broad SMARTS) is 1. The molecule has 1 aromatic carbocycles. The first-order chi connectivity index (χ1) is 9.81. The van der Waals surface area contributed by atoms with Crippen LogP contribution in [0.4, 0.5) is 10.5 Å². The van der Waals surface area contributed by atoms with Gasteiger partial charge >= 0.3 is 12.0 Å². The van der Waals surface area contributed by atoms with Crippen molar-refractivity contribution < 1.29 is 19.4 Å². The Kier molecular flexibility index (Phi) is 4.53. The Bertz CT molecular complexity index is 574. The molecule has 21 heavy (non-hydrogen) atoms. The van der Waals surface area contributed by atoms with Gasteiger partial charge in [-0.15, -0.1) is 0 Å². The molecule has 1 aromatic rings. The molecule has 6 nitrogen and oxygen atoms in total. The third-order valence-corrected chi connectivity index (χ3v) is 4.04. The maximum absolute atomic E-state index is 12.4. The minimum absolute atomic E-state index is 0.120. The van der Waals surface area contributed by atoms with E-state index in [0.29, 0.717) is 29.9 Å². The van der Waals surface area contributed by atoms with Crippen LogP contribution in [0.2, 0.25) is 0 Å². The van der Waals surface area contributed by atoms with Gasteiger partial charge in [0, 0.05) is 11.0 Å². The molecule has 0 bridgehead atoms. The van der Waals surface area contributed by atoms with Crippen LogP contribution in [0.1, 0.15) is 24.2 Å². The lowest BCUT2D eigenvalue weighted by Crippen LogP contribution is -2.56. The van der Waals surface area contributed by atoms with Crippen LogP contribution in [0.15, 0.2) is 22.7 Å². The molecule has 0 atom stereocenters. The number of amides is 2. The van der Waals surface area contributed by atoms with Crippen LogP contribution in [0.3, 0.4) is 0 Å². The van der Waals surface area contributed by atoms with E-state index in [1.54, 1.807) is 11.0 Å². The first kappa shape index (κ1) is 15.8. The summed E-state index contributed by atoms with van der Waals surface area (Å²) in [6.45, 7) is 5.31. The van der Waals surface area contributed by atoms with E-state index >= 15 is 0 Å². The van der Waals surface area contributed by atoms with Crippen molar-refractivity contribution in [2.24, 2.45) is 0 Å². The maximum Gasteiger partial charge on any atom is 0.335 e. The summed E-state index contributed by atoms with van der Waals surface area (Å²) in [5, 5.41) is 11.8. The molecular weight excluding hydrogens is 340 g/mol. The number of benzene rings is 1. The molecular formula is C14H17BrN2O4. The third-order valence-electron chi connectivity index (χ3n) is 3.35. The predicted molar refractivity (Wildman–Crippen MR) is 81.7 cm³/mol. The number of carboxylic acids is 1. The van der Waals surface area contributed by atoms with Gasteiger partial charge in [-0.05, 0) is 48.0 Å². The smallest absolute Gasteiger partial charge is 0.335 e. The van der Waals surface area contributed by atoms with Gasteiger partial charge in [0.2, 0.25) is 0 Å². The summed E-state index contributed by atoms with van der Waals surface area (Å²) < 4.78 is 6.01. The Morgan fingerprint density at radius 1 is 1.43 bits per heavy atom. The maximum atomic E-state index is 12.4. The number of carbonyl (C=O) groups is 2. The van der Waals surface area contributed by atoms with Crippen molar-refractivity contribution in [3.05, 3.63) is 28.2 Å². The van der Waals surface area contributed by atoms with Crippen LogP contribution in [0.25, 0.3) is 0 Å². The number of carbonyl (C=O) groups excluding carboxylic acids is 1. The van der Waals surface area contributed by atoms with Crippen molar-refractivity contribution in [3.63, 3.8) is 0 Å². The Labute approximate surface area is 131 Å². The molecule has 1 saturated heterocycles. The average molecular weight is 357 g/mol. The largest absolute Gasteiger partial charge is 0.478 e. The second-order valence-electron chi connectivity index (χ2n) is 5.45. The molecule has 2 rings (SSSR count). The molecule has 2 amide bonds. The van der Waals surface area contributed by atoms with Crippen LogP contribution in [-0.2, 0) is 4.74 Å². The summed E-state index contributed by atoms with van der Waals surface area (Å²) in [5.74, 6) is -1.04. The molecule has 1 heterocycles. The highest BCUT2D eigenvalue weighted by atomic mass is 79.9. The summed E-state index contributed by atoms with van der Waals surface area (Å²) in [6.07, 6.45) is 0. The highest BCUT2D eigenvalue weighted by Crippen LogP contribution is 2.26. The van der Waals surface area contributed by atoms with E-state index in [4.69, 9.17) is 9.84 Å². The van der Waals surface area contributed by atoms with Crippen molar-refractivity contribution in [1.29, 1.82) is 0 Å². The van der Waals surface area contributed by atoms with E-state index in [0.717, 1.165) is 0 Å². The van der Waals surface area contributed by atoms with Gasteiger partial charge in [-0.2, -0.15) is 0 Å². The van der Waals surface area contributed by atoms with Crippen LogP contribution in [0.5, 0.6) is 0 Å². The topological polar surface area (TPSA) is 78.9 Å². The first-order valence-corrected chi connectivity index (χ1v) is 7.30. The van der Waals surface area contributed by atoms with E-state index in [-0.39, 0.29) is 11.6 Å². The van der Waals surface area contributed by atoms with Crippen molar-refractivity contribution >= 4 is 33.6 Å². The van der Waals surface area contributed by atoms with E-state index in [9.17, 15) is 9.59 Å². The zero-order valence-electron chi connectivity index (χ0n) is 11.9. The van der Waals surface area contributed by atoms with Crippen LogP contribution < -0.4 is 5.32 Å². The summed E-state index contributed by atoms with van der Waals surface area (Å²) in [7, 11) is 0. The van der Waals surface area contributed by atoms with Gasteiger partial charge in [0.25, 0.3) is 0 Å². The number of aromatic carboxylic acids is 1. The predicted octanol–water partition coefficient (Wildman–Crippen LogP) is 2.79. The number of morpholine rings is 1. The number of ether oxygens (including phenoxy) is 1. The fourth-order valence-corrected chi connectivity index (χ4v) is 2.52. The highest BCUT2D eigenvalue weighted by molar-refractivity contribution is 9.10. The van der Waals surface area contributed by atoms with E-state index in [1.165, 1.54) is 12.1 Å². The fraction of sp³-hybridized carbons (Fsp3) is 0.429. The number of rotatable bonds is 2. The lowest BCUT2D eigenvalue weighted by molar-refractivity contribution is -0.0249. The molecule has 1 aliphatic rings. The molecule has 7 heteroatoms. The zero-order chi connectivity index (χ0) is 15.6. The van der Waals surface area contributed by atoms with Gasteiger partial charge in [0.15, 0.2) is 0 Å². The Hall–Kier alpha value is -1.60. The SMILES string of the molecule is CC1(C)COCCN1C(=O)Nc1cc(C(=O)O)ccc1Br. The van der Waals surface area contributed by atoms with E-state index in [2.05, 4.69) is 21.2 Å². The number of anilines is 1. The summed E-state index contributed by atoms with van der Waals surface area (Å²) in [4.78, 5) is 25.1. The standard InChI is InChI=1S/C14H17BrN2O4/c1-14(2)8-21-6-5-17(14)13(20)16-11-7-9(12(18)19)3-4-10(11)15/h3-4,7H,5-6,8H2,1-2H3,(H,16,20)(H,18,19). The number of nitrogens with one attached hydrogen (secondary N) is 1. The lowest BCUT2D eigenvalue weighted by atomic mass is 10.0. The van der Waals surface area contributed by atoms with Crippen molar-refractivity contribution in [2.75, 3.05) is 25.1 Å². The molecule has 0 saturated carbocycles. The van der Waals surface area contributed by atoms with Crippen LogP contribution in [-0.4, -0.2) is 47.3 Å². The van der Waals surface area contributed by atoms with E-state index in [1.807, 2.05) is 13.8 Å². The number of hydrogen-bond acceptors (Lipinski definition) is 3. The van der Waals surface area contributed by atoms with Gasteiger partial charge in [-0.25, -0.2) is 9.59 Å². The van der Waals surface area contributed by atoms with Crippen molar-refractivity contribution in [3.8, 4) is 0 Å². The van der Waals surface area contributed by atoms with E-state index < -0.39 is 11.5 Å². The molecule has 0 spiro atoms. The van der Waals surface area contributed by atoms with Gasteiger partial charge in [0.1, 0.15) is 0 Å². The van der Waals surface area contributed by atoms with Gasteiger partial charge in [-0.3, -0.25) is 0 Å². The van der Waals surface area contributed by atoms with Crippen LogP contribution >= 0.6 is 15.9 Å². The monoisotopic (exact) mass is 356 g/mol.